The fourth-order valence-corrected chi connectivity index (χ4v) is 1.85. The summed E-state index contributed by atoms with van der Waals surface area (Å²) in [6, 6.07) is 6.08. The topological polar surface area (TPSA) is 53.3 Å². The predicted molar refractivity (Wildman–Crippen MR) is 59.4 cm³/mol. The summed E-state index contributed by atoms with van der Waals surface area (Å²) in [7, 11) is 0. The molecule has 0 spiro atoms. The standard InChI is InChI=1S/C12H11FN2O2/c13-10-1-2-12(9(5-10)8-16)15-3-4-17-11(6-14)7-15/h1-2,5,8,11H,3-4,7H2. The third-order valence-corrected chi connectivity index (χ3v) is 2.67. The lowest BCUT2D eigenvalue weighted by atomic mass is 10.1. The van der Waals surface area contributed by atoms with E-state index in [4.69, 9.17) is 10.00 Å². The van der Waals surface area contributed by atoms with Gasteiger partial charge in [-0.25, -0.2) is 4.39 Å². The molecule has 2 rings (SSSR count). The highest BCUT2D eigenvalue weighted by atomic mass is 19.1. The molecule has 88 valence electrons. The Morgan fingerprint density at radius 3 is 3.12 bits per heavy atom. The van der Waals surface area contributed by atoms with Crippen LogP contribution >= 0.6 is 0 Å². The number of rotatable bonds is 2. The minimum absolute atomic E-state index is 0.295. The number of halogens is 1. The molecule has 5 heteroatoms. The van der Waals surface area contributed by atoms with Gasteiger partial charge in [-0.1, -0.05) is 0 Å². The summed E-state index contributed by atoms with van der Waals surface area (Å²) in [4.78, 5) is 12.7. The molecule has 0 aliphatic carbocycles. The summed E-state index contributed by atoms with van der Waals surface area (Å²) in [6.45, 7) is 1.40. The van der Waals surface area contributed by atoms with Crippen molar-refractivity contribution in [3.63, 3.8) is 0 Å². The van der Waals surface area contributed by atoms with Crippen LogP contribution in [-0.2, 0) is 4.74 Å². The molecule has 0 radical (unpaired) electrons. The highest BCUT2D eigenvalue weighted by Gasteiger charge is 2.21. The van der Waals surface area contributed by atoms with Gasteiger partial charge in [0.1, 0.15) is 5.82 Å². The van der Waals surface area contributed by atoms with E-state index >= 15 is 0 Å². The third kappa shape index (κ3) is 2.43. The smallest absolute Gasteiger partial charge is 0.161 e. The number of carbonyl (C=O) groups is 1. The van der Waals surface area contributed by atoms with E-state index in [9.17, 15) is 9.18 Å². The molecule has 0 amide bonds. The average molecular weight is 234 g/mol. The molecule has 1 aliphatic heterocycles. The lowest BCUT2D eigenvalue weighted by molar-refractivity contribution is 0.0763. The van der Waals surface area contributed by atoms with Crippen molar-refractivity contribution in [3.05, 3.63) is 29.6 Å². The maximum atomic E-state index is 13.0. The molecular weight excluding hydrogens is 223 g/mol. The quantitative estimate of drug-likeness (QED) is 0.725. The van der Waals surface area contributed by atoms with Crippen molar-refractivity contribution < 1.29 is 13.9 Å². The second kappa shape index (κ2) is 4.93. The fraction of sp³-hybridized carbons (Fsp3) is 0.333. The summed E-state index contributed by atoms with van der Waals surface area (Å²) in [5.41, 5.74) is 0.938. The van der Waals surface area contributed by atoms with E-state index in [0.29, 0.717) is 37.2 Å². The van der Waals surface area contributed by atoms with Crippen LogP contribution in [0.4, 0.5) is 10.1 Å². The molecule has 1 heterocycles. The Morgan fingerprint density at radius 2 is 2.41 bits per heavy atom. The number of nitrogens with zero attached hydrogens (tertiary/aromatic N) is 2. The summed E-state index contributed by atoms with van der Waals surface area (Å²) >= 11 is 0. The molecule has 0 aromatic heterocycles. The molecular formula is C12H11FN2O2. The Bertz CT molecular complexity index is 470. The lowest BCUT2D eigenvalue weighted by Gasteiger charge is -2.32. The number of ether oxygens (including phenoxy) is 1. The van der Waals surface area contributed by atoms with Crippen LogP contribution < -0.4 is 4.90 Å². The Hall–Kier alpha value is -1.93. The molecule has 0 N–H and O–H groups in total. The molecule has 1 aromatic rings. The maximum absolute atomic E-state index is 13.0. The highest BCUT2D eigenvalue weighted by molar-refractivity contribution is 5.84. The van der Waals surface area contributed by atoms with E-state index in [1.54, 1.807) is 6.07 Å². The first-order valence-corrected chi connectivity index (χ1v) is 5.25. The molecule has 1 aromatic carbocycles. The SMILES string of the molecule is N#CC1CN(c2ccc(F)cc2C=O)CCO1. The van der Waals surface area contributed by atoms with Crippen molar-refractivity contribution in [3.8, 4) is 6.07 Å². The molecule has 4 nitrogen and oxygen atoms in total. The van der Waals surface area contributed by atoms with Crippen molar-refractivity contribution in [1.29, 1.82) is 5.26 Å². The van der Waals surface area contributed by atoms with Gasteiger partial charge in [0.05, 0.1) is 19.2 Å². The summed E-state index contributed by atoms with van der Waals surface area (Å²) in [5, 5.41) is 8.80. The van der Waals surface area contributed by atoms with E-state index in [0.717, 1.165) is 0 Å². The van der Waals surface area contributed by atoms with Gasteiger partial charge in [0, 0.05) is 17.8 Å². The molecule has 1 aliphatic rings. The van der Waals surface area contributed by atoms with Gasteiger partial charge in [-0.3, -0.25) is 4.79 Å². The number of benzene rings is 1. The number of carbonyl (C=O) groups excluding carboxylic acids is 1. The van der Waals surface area contributed by atoms with Gasteiger partial charge in [0.2, 0.25) is 0 Å². The Balaban J connectivity index is 2.27. The number of aldehydes is 1. The fourth-order valence-electron chi connectivity index (χ4n) is 1.85. The van der Waals surface area contributed by atoms with Crippen LogP contribution in [0.1, 0.15) is 10.4 Å². The Labute approximate surface area is 98.2 Å². The van der Waals surface area contributed by atoms with E-state index in [1.807, 2.05) is 11.0 Å². The first kappa shape index (κ1) is 11.6. The number of anilines is 1. The van der Waals surface area contributed by atoms with Gasteiger partial charge in [0.15, 0.2) is 12.4 Å². The predicted octanol–water partition coefficient (Wildman–Crippen LogP) is 1.37. The lowest BCUT2D eigenvalue weighted by Crippen LogP contribution is -2.42. The third-order valence-electron chi connectivity index (χ3n) is 2.67. The van der Waals surface area contributed by atoms with Crippen LogP contribution in [0.5, 0.6) is 0 Å². The number of hydrogen-bond acceptors (Lipinski definition) is 4. The van der Waals surface area contributed by atoms with Gasteiger partial charge in [-0.05, 0) is 18.2 Å². The van der Waals surface area contributed by atoms with Crippen LogP contribution in [0, 0.1) is 17.1 Å². The monoisotopic (exact) mass is 234 g/mol. The zero-order valence-electron chi connectivity index (χ0n) is 9.10. The van der Waals surface area contributed by atoms with Crippen LogP contribution in [0.2, 0.25) is 0 Å². The van der Waals surface area contributed by atoms with Crippen molar-refractivity contribution in [2.75, 3.05) is 24.6 Å². The molecule has 0 bridgehead atoms. The molecule has 17 heavy (non-hydrogen) atoms. The Kier molecular flexibility index (Phi) is 3.35. The van der Waals surface area contributed by atoms with E-state index in [-0.39, 0.29) is 0 Å². The average Bonchev–Trinajstić information content (AvgIpc) is 2.38. The van der Waals surface area contributed by atoms with Crippen LogP contribution in [-0.4, -0.2) is 32.1 Å². The number of nitriles is 1. The van der Waals surface area contributed by atoms with E-state index < -0.39 is 11.9 Å². The second-order valence-electron chi connectivity index (χ2n) is 3.76. The molecule has 1 unspecified atom stereocenters. The van der Waals surface area contributed by atoms with Crippen LogP contribution in [0.3, 0.4) is 0 Å². The maximum Gasteiger partial charge on any atom is 0.161 e. The molecule has 1 fully saturated rings. The largest absolute Gasteiger partial charge is 0.365 e. The van der Waals surface area contributed by atoms with Gasteiger partial charge in [-0.2, -0.15) is 5.26 Å². The van der Waals surface area contributed by atoms with Crippen LogP contribution in [0.25, 0.3) is 0 Å². The van der Waals surface area contributed by atoms with Gasteiger partial charge in [0.25, 0.3) is 0 Å². The summed E-state index contributed by atoms with van der Waals surface area (Å²) in [6.07, 6.45) is 0.114. The zero-order chi connectivity index (χ0) is 12.3. The molecule has 1 atom stereocenters. The van der Waals surface area contributed by atoms with Crippen LogP contribution in [0.15, 0.2) is 18.2 Å². The number of hydrogen-bond donors (Lipinski definition) is 0. The van der Waals surface area contributed by atoms with Gasteiger partial charge in [-0.15, -0.1) is 0 Å². The van der Waals surface area contributed by atoms with Crippen molar-refractivity contribution >= 4 is 12.0 Å². The normalized spacial score (nSPS) is 19.8. The zero-order valence-corrected chi connectivity index (χ0v) is 9.10. The highest BCUT2D eigenvalue weighted by Crippen LogP contribution is 2.22. The molecule has 0 saturated carbocycles. The van der Waals surface area contributed by atoms with E-state index in [1.165, 1.54) is 12.1 Å². The summed E-state index contributed by atoms with van der Waals surface area (Å²) < 4.78 is 18.2. The minimum Gasteiger partial charge on any atom is -0.365 e. The van der Waals surface area contributed by atoms with Crippen molar-refractivity contribution in [2.24, 2.45) is 0 Å². The molecule has 1 saturated heterocycles. The Morgan fingerprint density at radius 1 is 1.59 bits per heavy atom. The van der Waals surface area contributed by atoms with Gasteiger partial charge >= 0.3 is 0 Å². The first-order chi connectivity index (χ1) is 8.24. The minimum atomic E-state index is -0.506. The van der Waals surface area contributed by atoms with Crippen molar-refractivity contribution in [1.82, 2.24) is 0 Å². The number of morpholine rings is 1. The van der Waals surface area contributed by atoms with E-state index in [2.05, 4.69) is 0 Å². The van der Waals surface area contributed by atoms with Gasteiger partial charge < -0.3 is 9.64 Å². The van der Waals surface area contributed by atoms with Crippen molar-refractivity contribution in [2.45, 2.75) is 6.10 Å². The second-order valence-corrected chi connectivity index (χ2v) is 3.76. The first-order valence-electron chi connectivity index (χ1n) is 5.25. The summed E-state index contributed by atoms with van der Waals surface area (Å²) in [5.74, 6) is -0.444.